The van der Waals surface area contributed by atoms with Gasteiger partial charge in [-0.2, -0.15) is 19.9 Å². The second-order valence-electron chi connectivity index (χ2n) is 25.2. The number of aliphatic hydroxyl groups excluding tert-OH is 3. The number of halogens is 3. The van der Waals surface area contributed by atoms with E-state index in [1.165, 1.54) is 21.8 Å². The second kappa shape index (κ2) is 41.1. The Kier molecular flexibility index (Phi) is 34.2. The molecule has 0 aromatic carbocycles. The van der Waals surface area contributed by atoms with Crippen molar-refractivity contribution < 1.29 is 133 Å². The standard InChI is InChI=1S/C30H45ClN5O14P.C26H39ClN5O13P.C4H7ClO/c1-16(2)27(38)50-23-20(11-42-15-51(41,45-13-43-29(39)47-17(3)4)46-14-44-30(40)48-18(5)6)49-26(22(23)37)36-12-32-21-24(33-19-9-7-8-10-19)34-28(31)35-25(21)36;1-14(2)43-25(35)39-11-41-46(37,42-12-40-26(36)44-15(3)4)13-38-9-17-19(33)20(34)23(45-17)32-10-28-18-21(29-16-7-5-6-8-16)30-24(27)31-22(18)32;1-3(2)4(5)6/h12,16-20,22-23,26,37H,7-11,13-15H2,1-6H3,(H,33,34,35);10,14-17,19-20,23,33-34H,5-9,11-13H2,1-4H3,(H,29,30,31);3H,1-2H3/t20-,22-,23-,26-;17-,19-,20-,23-;/m11./s1. The van der Waals surface area contributed by atoms with Crippen LogP contribution in [0.5, 0.6) is 0 Å². The lowest BCUT2D eigenvalue weighted by Gasteiger charge is -2.23. The Bertz CT molecular complexity index is 3450. The Hall–Kier alpha value is -6.19. The molecule has 2 saturated heterocycles. The number of nitrogens with one attached hydrogen (secondary N) is 2. The zero-order valence-corrected chi connectivity index (χ0v) is 62.9. The van der Waals surface area contributed by atoms with E-state index in [0.29, 0.717) is 22.7 Å². The molecule has 2 aliphatic heterocycles. The summed E-state index contributed by atoms with van der Waals surface area (Å²) in [4.78, 5) is 95.5. The lowest BCUT2D eigenvalue weighted by atomic mass is 10.1. The van der Waals surface area contributed by atoms with Crippen molar-refractivity contribution in [2.45, 2.75) is 220 Å². The Morgan fingerprint density at radius 3 is 1.20 bits per heavy atom. The Labute approximate surface area is 607 Å². The summed E-state index contributed by atoms with van der Waals surface area (Å²) in [5.74, 6) is -0.303. The summed E-state index contributed by atoms with van der Waals surface area (Å²) in [5.41, 5.74) is 1.34. The molecule has 8 atom stereocenters. The molecule has 6 heterocycles. The van der Waals surface area contributed by atoms with E-state index in [0.717, 1.165) is 51.4 Å². The molecule has 0 unspecified atom stereocenters. The smallest absolute Gasteiger partial charge is 0.456 e. The molecule has 2 aliphatic carbocycles. The first kappa shape index (κ1) is 85.7. The minimum atomic E-state index is -4.32. The van der Waals surface area contributed by atoms with Crippen molar-refractivity contribution in [3.8, 4) is 0 Å². The van der Waals surface area contributed by atoms with Crippen LogP contribution in [0, 0.1) is 11.8 Å². The zero-order valence-electron chi connectivity index (χ0n) is 58.9. The highest BCUT2D eigenvalue weighted by molar-refractivity contribution is 7.53. The number of esters is 1. The Balaban J connectivity index is 0.000000301. The van der Waals surface area contributed by atoms with Gasteiger partial charge in [0.25, 0.3) is 0 Å². The lowest BCUT2D eigenvalue weighted by Crippen LogP contribution is -2.39. The number of fused-ring (bicyclic) bond motifs is 2. The summed E-state index contributed by atoms with van der Waals surface area (Å²) in [6.45, 7) is 15.3. The fourth-order valence-corrected chi connectivity index (χ4v) is 12.1. The van der Waals surface area contributed by atoms with Crippen molar-refractivity contribution in [1.82, 2.24) is 39.0 Å². The third-order valence-corrected chi connectivity index (χ3v) is 18.4. The number of carbonyl (C=O) groups excluding carboxylic acids is 6. The van der Waals surface area contributed by atoms with Crippen molar-refractivity contribution in [1.29, 1.82) is 0 Å². The molecule has 0 spiro atoms. The summed E-state index contributed by atoms with van der Waals surface area (Å²) in [7, 11) is -8.58. The fraction of sp³-hybridized carbons (Fsp3) is 0.733. The molecule has 103 heavy (non-hydrogen) atoms. The number of ether oxygens (including phenoxy) is 13. The Morgan fingerprint density at radius 1 is 0.524 bits per heavy atom. The normalized spacial score (nSPS) is 20.9. The molecule has 580 valence electrons. The molecule has 2 saturated carbocycles. The van der Waals surface area contributed by atoms with Gasteiger partial charge in [0.1, 0.15) is 43.2 Å². The average Bonchev–Trinajstić information content (AvgIpc) is 1.62. The number of imidazole rings is 2. The maximum absolute atomic E-state index is 13.5. The van der Waals surface area contributed by atoms with Crippen molar-refractivity contribution in [2.24, 2.45) is 11.8 Å². The van der Waals surface area contributed by atoms with E-state index < -0.39 is 178 Å². The van der Waals surface area contributed by atoms with E-state index in [9.17, 15) is 53.2 Å². The zero-order chi connectivity index (χ0) is 75.9. The molecular weight excluding hydrogens is 1480 g/mol. The third kappa shape index (κ3) is 27.3. The first-order chi connectivity index (χ1) is 48.6. The molecule has 38 nitrogen and oxygen atoms in total. The number of carbonyl (C=O) groups is 6. The van der Waals surface area contributed by atoms with Gasteiger partial charge >= 0.3 is 45.8 Å². The minimum absolute atomic E-state index is 0.0216. The number of nitrogens with zero attached hydrogens (tertiary/aromatic N) is 8. The third-order valence-electron chi connectivity index (χ3n) is 14.6. The number of aliphatic hydroxyl groups is 3. The molecule has 4 aromatic rings. The van der Waals surface area contributed by atoms with Gasteiger partial charge in [0.2, 0.25) is 43.0 Å². The van der Waals surface area contributed by atoms with E-state index in [1.54, 1.807) is 83.1 Å². The summed E-state index contributed by atoms with van der Waals surface area (Å²) in [5, 5.41) is 39.4. The van der Waals surface area contributed by atoms with Gasteiger partial charge in [-0.3, -0.25) is 45.9 Å². The van der Waals surface area contributed by atoms with E-state index in [4.69, 9.17) is 114 Å². The van der Waals surface area contributed by atoms with Gasteiger partial charge in [-0.15, -0.1) is 0 Å². The van der Waals surface area contributed by atoms with Crippen LogP contribution in [0.2, 0.25) is 10.6 Å². The van der Waals surface area contributed by atoms with Gasteiger partial charge < -0.3 is 87.5 Å². The van der Waals surface area contributed by atoms with Gasteiger partial charge in [-0.25, -0.2) is 29.1 Å². The van der Waals surface area contributed by atoms with E-state index in [1.807, 2.05) is 0 Å². The van der Waals surface area contributed by atoms with E-state index >= 15 is 0 Å². The molecule has 4 aliphatic rings. The van der Waals surface area contributed by atoms with E-state index in [-0.39, 0.29) is 45.1 Å². The van der Waals surface area contributed by atoms with Crippen LogP contribution in [0.1, 0.15) is 147 Å². The van der Waals surface area contributed by atoms with Crippen molar-refractivity contribution >= 4 is 120 Å². The summed E-state index contributed by atoms with van der Waals surface area (Å²) < 4.78 is 117. The topological polar surface area (TPSA) is 465 Å². The quantitative estimate of drug-likeness (QED) is 0.00739. The molecule has 4 fully saturated rings. The SMILES string of the molecule is CC(C)C(=O)Cl.CC(C)OC(=O)OCOP(=O)(COC[C@H]1O[C@@H](n2cnc3c(NC4CCCC4)nc(Cl)nc32)[C@H](O)[C@@H]1O)OCOC(=O)OC(C)C.CC(C)OC(=O)OCOP(=O)(COC[C@H]1O[C@@H](n2cnc3c(NC4CCCC4)nc(Cl)nc32)[C@H](O)[C@@H]1OC(=O)C(C)C)OCOC(=O)OC(C)C. The molecule has 43 heteroatoms. The van der Waals surface area contributed by atoms with Crippen LogP contribution in [0.4, 0.5) is 30.8 Å². The van der Waals surface area contributed by atoms with Crippen LogP contribution >= 0.6 is 50.0 Å². The maximum Gasteiger partial charge on any atom is 0.510 e. The predicted octanol–water partition coefficient (Wildman–Crippen LogP) is 10.00. The average molecular weight is 1570 g/mol. The molecule has 5 N–H and O–H groups in total. The maximum atomic E-state index is 13.5. The van der Waals surface area contributed by atoms with Crippen LogP contribution in [0.25, 0.3) is 22.3 Å². The van der Waals surface area contributed by atoms with E-state index in [2.05, 4.69) is 40.5 Å². The van der Waals surface area contributed by atoms with Crippen LogP contribution in [-0.2, 0) is 98.4 Å². The molecule has 8 rings (SSSR count). The lowest BCUT2D eigenvalue weighted by molar-refractivity contribution is -0.161. The number of hydrogen-bond acceptors (Lipinski definition) is 36. The molecule has 0 radical (unpaired) electrons. The van der Waals surface area contributed by atoms with Gasteiger partial charge in [0.15, 0.2) is 52.5 Å². The fourth-order valence-electron chi connectivity index (χ4n) is 9.79. The van der Waals surface area contributed by atoms with Crippen LogP contribution < -0.4 is 10.6 Å². The highest BCUT2D eigenvalue weighted by Crippen LogP contribution is 2.50. The number of hydrogen-bond donors (Lipinski definition) is 5. The predicted molar refractivity (Wildman–Crippen MR) is 360 cm³/mol. The molecule has 0 amide bonds. The summed E-state index contributed by atoms with van der Waals surface area (Å²) in [6.07, 6.45) is -6.88. The summed E-state index contributed by atoms with van der Waals surface area (Å²) in [6, 6.07) is 0.421. The molecule has 4 aromatic heterocycles. The monoisotopic (exact) mass is 1570 g/mol. The van der Waals surface area contributed by atoms with Gasteiger partial charge in [-0.1, -0.05) is 53.4 Å². The molecular formula is C60H91Cl3N10O28P2. The van der Waals surface area contributed by atoms with Crippen LogP contribution in [0.15, 0.2) is 12.7 Å². The van der Waals surface area contributed by atoms with Crippen molar-refractivity contribution in [3.05, 3.63) is 23.2 Å². The highest BCUT2D eigenvalue weighted by Gasteiger charge is 2.49. The van der Waals surface area contributed by atoms with Gasteiger partial charge in [0, 0.05) is 18.0 Å². The van der Waals surface area contributed by atoms with Crippen molar-refractivity contribution in [2.75, 3.05) is 63.7 Å². The second-order valence-corrected chi connectivity index (χ2v) is 30.2. The summed E-state index contributed by atoms with van der Waals surface area (Å²) >= 11 is 17.5. The van der Waals surface area contributed by atoms with Gasteiger partial charge in [0.05, 0.1) is 56.2 Å². The highest BCUT2D eigenvalue weighted by atomic mass is 35.5. The largest absolute Gasteiger partial charge is 0.510 e. The molecule has 0 bridgehead atoms. The number of aromatic nitrogens is 8. The first-order valence-corrected chi connectivity index (χ1v) is 37.6. The Morgan fingerprint density at radius 2 is 0.864 bits per heavy atom. The van der Waals surface area contributed by atoms with Gasteiger partial charge in [-0.05, 0) is 116 Å². The number of rotatable bonds is 33. The van der Waals surface area contributed by atoms with Crippen molar-refractivity contribution in [3.63, 3.8) is 0 Å². The van der Waals surface area contributed by atoms with Crippen LogP contribution in [0.3, 0.4) is 0 Å². The number of anilines is 2. The van der Waals surface area contributed by atoms with Crippen LogP contribution in [-0.4, -0.2) is 216 Å². The first-order valence-electron chi connectivity index (χ1n) is 33.0. The minimum Gasteiger partial charge on any atom is -0.456 e.